The Balaban J connectivity index is 2.00. The van der Waals surface area contributed by atoms with E-state index in [0.717, 1.165) is 10.8 Å². The molecular weight excluding hydrogens is 411 g/mol. The molecule has 0 aliphatic rings. The maximum Gasteiger partial charge on any atom is 0.355 e. The summed E-state index contributed by atoms with van der Waals surface area (Å²) in [6, 6.07) is 6.90. The number of nitrogens with one attached hydrogen (secondary N) is 1. The molecule has 4 aromatic rings. The van der Waals surface area contributed by atoms with Crippen LogP contribution in [0.4, 0.5) is 19.0 Å². The number of oxazole rings is 1. The van der Waals surface area contributed by atoms with E-state index in [0.29, 0.717) is 11.3 Å². The fourth-order valence-corrected chi connectivity index (χ4v) is 2.95. The molecule has 10 heteroatoms. The van der Waals surface area contributed by atoms with Crippen molar-refractivity contribution in [2.24, 2.45) is 0 Å². The van der Waals surface area contributed by atoms with Gasteiger partial charge in [-0.3, -0.25) is 0 Å². The molecule has 0 saturated carbocycles. The Bertz CT molecular complexity index is 1360. The normalized spacial score (nSPS) is 11.0. The number of aromatic nitrogens is 4. The quantitative estimate of drug-likeness (QED) is 0.529. The Morgan fingerprint density at radius 1 is 0.968 bits per heavy atom. The lowest BCUT2D eigenvalue weighted by atomic mass is 10.1. The van der Waals surface area contributed by atoms with Crippen molar-refractivity contribution in [1.82, 2.24) is 19.5 Å². The van der Waals surface area contributed by atoms with Gasteiger partial charge in [-0.15, -0.1) is 0 Å². The molecule has 0 bridgehead atoms. The molecule has 3 heterocycles. The van der Waals surface area contributed by atoms with Crippen molar-refractivity contribution in [3.8, 4) is 28.7 Å². The minimum absolute atomic E-state index is 0.0721. The van der Waals surface area contributed by atoms with Gasteiger partial charge < -0.3 is 9.73 Å². The molecule has 0 amide bonds. The van der Waals surface area contributed by atoms with E-state index in [2.05, 4.69) is 20.3 Å². The van der Waals surface area contributed by atoms with Gasteiger partial charge in [-0.25, -0.2) is 27.5 Å². The summed E-state index contributed by atoms with van der Waals surface area (Å²) < 4.78 is 49.5. The van der Waals surface area contributed by atoms with Gasteiger partial charge in [0.2, 0.25) is 0 Å². The van der Waals surface area contributed by atoms with Gasteiger partial charge in [0.1, 0.15) is 5.82 Å². The number of pyridine rings is 1. The smallest absolute Gasteiger partial charge is 0.355 e. The Hall–Kier alpha value is -3.95. The predicted molar refractivity (Wildman–Crippen MR) is 107 cm³/mol. The first-order valence-electron chi connectivity index (χ1n) is 9.16. The van der Waals surface area contributed by atoms with Gasteiger partial charge in [0.15, 0.2) is 34.7 Å². The predicted octanol–water partition coefficient (Wildman–Crippen LogP) is 4.03. The van der Waals surface area contributed by atoms with Crippen LogP contribution in [0.2, 0.25) is 0 Å². The van der Waals surface area contributed by atoms with Crippen molar-refractivity contribution < 1.29 is 17.6 Å². The van der Waals surface area contributed by atoms with E-state index >= 15 is 0 Å². The van der Waals surface area contributed by atoms with Gasteiger partial charge in [0, 0.05) is 18.3 Å². The van der Waals surface area contributed by atoms with Crippen LogP contribution in [-0.2, 0) is 0 Å². The summed E-state index contributed by atoms with van der Waals surface area (Å²) in [5, 5.41) is 2.47. The molecule has 0 atom stereocenters. The number of hydrogen-bond donors (Lipinski definition) is 1. The molecule has 4 rings (SSSR count). The summed E-state index contributed by atoms with van der Waals surface area (Å²) in [4.78, 5) is 24.4. The first-order valence-corrected chi connectivity index (χ1v) is 9.16. The van der Waals surface area contributed by atoms with Crippen molar-refractivity contribution in [2.45, 2.75) is 13.8 Å². The van der Waals surface area contributed by atoms with E-state index in [-0.39, 0.29) is 34.5 Å². The van der Waals surface area contributed by atoms with Gasteiger partial charge >= 0.3 is 5.69 Å². The van der Waals surface area contributed by atoms with E-state index in [4.69, 9.17) is 4.42 Å². The highest BCUT2D eigenvalue weighted by Gasteiger charge is 2.23. The number of benzene rings is 1. The standard InChI is InChI=1S/C21H16F3N5O2/c1-10-4-6-12(8-14(10)23)17-19(29-9-15(24)18(25-3)27-21(29)30)28-20(31-17)16-13(22)7-5-11(2)26-16/h4-9H,1-3H3,(H,25,27,30). The largest absolute Gasteiger partial charge is 0.432 e. The zero-order valence-corrected chi connectivity index (χ0v) is 16.7. The van der Waals surface area contributed by atoms with E-state index in [1.807, 2.05) is 0 Å². The van der Waals surface area contributed by atoms with Gasteiger partial charge in [-0.2, -0.15) is 9.97 Å². The maximum atomic E-state index is 14.4. The van der Waals surface area contributed by atoms with Crippen molar-refractivity contribution in [2.75, 3.05) is 12.4 Å². The van der Waals surface area contributed by atoms with Crippen LogP contribution in [0.3, 0.4) is 0 Å². The van der Waals surface area contributed by atoms with Gasteiger partial charge in [-0.1, -0.05) is 12.1 Å². The van der Waals surface area contributed by atoms with Crippen LogP contribution < -0.4 is 11.0 Å². The number of rotatable bonds is 4. The van der Waals surface area contributed by atoms with E-state index in [1.54, 1.807) is 19.9 Å². The van der Waals surface area contributed by atoms with Crippen LogP contribution in [0.25, 0.3) is 28.7 Å². The van der Waals surface area contributed by atoms with Crippen molar-refractivity contribution in [1.29, 1.82) is 0 Å². The second kappa shape index (κ2) is 7.71. The summed E-state index contributed by atoms with van der Waals surface area (Å²) in [7, 11) is 1.41. The molecule has 0 fully saturated rings. The molecule has 1 N–H and O–H groups in total. The number of anilines is 1. The molecule has 0 unspecified atom stereocenters. The van der Waals surface area contributed by atoms with Crippen molar-refractivity contribution in [3.05, 3.63) is 75.7 Å². The third-order valence-corrected chi connectivity index (χ3v) is 4.58. The highest BCUT2D eigenvalue weighted by atomic mass is 19.1. The molecule has 31 heavy (non-hydrogen) atoms. The monoisotopic (exact) mass is 427 g/mol. The number of aryl methyl sites for hydroxylation is 2. The van der Waals surface area contributed by atoms with E-state index in [1.165, 1.54) is 31.3 Å². The van der Waals surface area contributed by atoms with Gasteiger partial charge in [0.25, 0.3) is 5.89 Å². The molecular formula is C21H16F3N5O2. The summed E-state index contributed by atoms with van der Waals surface area (Å²) in [5.74, 6) is -2.81. The molecule has 158 valence electrons. The third kappa shape index (κ3) is 3.67. The molecule has 0 aliphatic carbocycles. The zero-order valence-electron chi connectivity index (χ0n) is 16.7. The van der Waals surface area contributed by atoms with Crippen LogP contribution in [0.5, 0.6) is 0 Å². The molecule has 0 radical (unpaired) electrons. The second-order valence-electron chi connectivity index (χ2n) is 6.76. The minimum atomic E-state index is -0.864. The highest BCUT2D eigenvalue weighted by molar-refractivity contribution is 5.68. The SMILES string of the molecule is CNc1nc(=O)n(-c2nc(-c3nc(C)ccc3F)oc2-c2ccc(C)c(F)c2)cc1F. The highest BCUT2D eigenvalue weighted by Crippen LogP contribution is 2.33. The topological polar surface area (TPSA) is 85.8 Å². The summed E-state index contributed by atoms with van der Waals surface area (Å²) in [6.45, 7) is 3.24. The van der Waals surface area contributed by atoms with Crippen LogP contribution in [-0.4, -0.2) is 26.6 Å². The van der Waals surface area contributed by atoms with Crippen LogP contribution in [0.15, 0.2) is 45.7 Å². The zero-order chi connectivity index (χ0) is 22.3. The molecule has 0 saturated heterocycles. The Kier molecular flexibility index (Phi) is 5.05. The molecule has 0 aliphatic heterocycles. The first kappa shape index (κ1) is 20.3. The lowest BCUT2D eigenvalue weighted by Gasteiger charge is -2.07. The fraction of sp³-hybridized carbons (Fsp3) is 0.143. The average Bonchev–Trinajstić information content (AvgIpc) is 3.18. The second-order valence-corrected chi connectivity index (χ2v) is 6.76. The van der Waals surface area contributed by atoms with Crippen molar-refractivity contribution in [3.63, 3.8) is 0 Å². The Morgan fingerprint density at radius 2 is 1.74 bits per heavy atom. The lowest BCUT2D eigenvalue weighted by molar-refractivity contribution is 0.564. The minimum Gasteiger partial charge on any atom is -0.432 e. The summed E-state index contributed by atoms with van der Waals surface area (Å²) in [6.07, 6.45) is 0.872. The molecule has 1 aromatic carbocycles. The Labute approximate surface area is 174 Å². The maximum absolute atomic E-state index is 14.4. The van der Waals surface area contributed by atoms with Crippen LogP contribution in [0.1, 0.15) is 11.3 Å². The number of halogens is 3. The Morgan fingerprint density at radius 3 is 2.45 bits per heavy atom. The van der Waals surface area contributed by atoms with E-state index in [9.17, 15) is 18.0 Å². The first-order chi connectivity index (χ1) is 14.8. The van der Waals surface area contributed by atoms with Crippen LogP contribution >= 0.6 is 0 Å². The molecule has 3 aromatic heterocycles. The molecule has 7 nitrogen and oxygen atoms in total. The van der Waals surface area contributed by atoms with E-state index < -0.39 is 23.1 Å². The fourth-order valence-electron chi connectivity index (χ4n) is 2.95. The number of hydrogen-bond acceptors (Lipinski definition) is 6. The summed E-state index contributed by atoms with van der Waals surface area (Å²) in [5.41, 5.74) is 0.0439. The lowest BCUT2D eigenvalue weighted by Crippen LogP contribution is -2.23. The average molecular weight is 427 g/mol. The van der Waals surface area contributed by atoms with Crippen LogP contribution in [0, 0.1) is 31.3 Å². The van der Waals surface area contributed by atoms with Gasteiger partial charge in [-0.05, 0) is 37.6 Å². The number of nitrogens with zero attached hydrogens (tertiary/aromatic N) is 4. The molecule has 0 spiro atoms. The summed E-state index contributed by atoms with van der Waals surface area (Å²) >= 11 is 0. The van der Waals surface area contributed by atoms with Gasteiger partial charge in [0.05, 0.1) is 6.20 Å². The van der Waals surface area contributed by atoms with Crippen molar-refractivity contribution >= 4 is 5.82 Å². The third-order valence-electron chi connectivity index (χ3n) is 4.58.